The first kappa shape index (κ1) is 16.6. The molecule has 0 aromatic heterocycles. The van der Waals surface area contributed by atoms with Crippen LogP contribution in [-0.2, 0) is 9.53 Å². The van der Waals surface area contributed by atoms with Gasteiger partial charge in [0.2, 0.25) is 0 Å². The zero-order chi connectivity index (χ0) is 16.2. The third kappa shape index (κ3) is 3.79. The van der Waals surface area contributed by atoms with Crippen LogP contribution in [0.2, 0.25) is 5.02 Å². The lowest BCUT2D eigenvalue weighted by atomic mass is 10.2. The van der Waals surface area contributed by atoms with E-state index in [-0.39, 0.29) is 12.0 Å². The van der Waals surface area contributed by atoms with E-state index in [1.165, 1.54) is 0 Å². The number of nitrogens with one attached hydrogen (secondary N) is 1. The van der Waals surface area contributed by atoms with Gasteiger partial charge in [0.05, 0.1) is 16.4 Å². The van der Waals surface area contributed by atoms with E-state index in [1.54, 1.807) is 0 Å². The van der Waals surface area contributed by atoms with Gasteiger partial charge in [-0.3, -0.25) is 4.79 Å². The predicted octanol–water partition coefficient (Wildman–Crippen LogP) is 2.60. The maximum Gasteiger partial charge on any atom is 0.253 e. The molecule has 0 radical (unpaired) electrons. The predicted molar refractivity (Wildman–Crippen MR) is 93.4 cm³/mol. The number of halogens is 1. The zero-order valence-electron chi connectivity index (χ0n) is 13.6. The standard InChI is InChI=1S/C17H24ClN3O2/c1-2-20-8-10-21(11-9-20)16-13(18)5-3-6-14(16)19-17(22)15-7-4-12-23-15/h3,5-6,15H,2,4,7-12H2,1H3,(H,19,22)/t15-/m0/s1. The van der Waals surface area contributed by atoms with Gasteiger partial charge in [0, 0.05) is 32.8 Å². The zero-order valence-corrected chi connectivity index (χ0v) is 14.3. The molecule has 6 heteroatoms. The Bertz CT molecular complexity index is 553. The van der Waals surface area contributed by atoms with Crippen LogP contribution in [0.3, 0.4) is 0 Å². The first-order chi connectivity index (χ1) is 11.2. The van der Waals surface area contributed by atoms with Crippen molar-refractivity contribution in [3.8, 4) is 0 Å². The van der Waals surface area contributed by atoms with Gasteiger partial charge in [0.25, 0.3) is 5.91 Å². The molecule has 2 aliphatic heterocycles. The van der Waals surface area contributed by atoms with E-state index >= 15 is 0 Å². The van der Waals surface area contributed by atoms with Crippen molar-refractivity contribution in [3.05, 3.63) is 23.2 Å². The number of carbonyl (C=O) groups is 1. The van der Waals surface area contributed by atoms with Crippen molar-refractivity contribution in [1.29, 1.82) is 0 Å². The summed E-state index contributed by atoms with van der Waals surface area (Å²) in [6.07, 6.45) is 1.40. The minimum absolute atomic E-state index is 0.0711. The summed E-state index contributed by atoms with van der Waals surface area (Å²) in [5.74, 6) is -0.0711. The molecule has 3 rings (SSSR count). The summed E-state index contributed by atoms with van der Waals surface area (Å²) in [7, 11) is 0. The van der Waals surface area contributed by atoms with E-state index in [1.807, 2.05) is 18.2 Å². The van der Waals surface area contributed by atoms with Crippen molar-refractivity contribution in [2.45, 2.75) is 25.9 Å². The molecular formula is C17H24ClN3O2. The van der Waals surface area contributed by atoms with E-state index in [0.717, 1.165) is 56.9 Å². The highest BCUT2D eigenvalue weighted by molar-refractivity contribution is 6.34. The molecule has 2 saturated heterocycles. The van der Waals surface area contributed by atoms with E-state index in [9.17, 15) is 4.79 Å². The molecule has 2 fully saturated rings. The molecule has 1 aromatic rings. The van der Waals surface area contributed by atoms with Crippen LogP contribution in [-0.4, -0.2) is 56.2 Å². The molecule has 126 valence electrons. The van der Waals surface area contributed by atoms with Gasteiger partial charge in [-0.2, -0.15) is 0 Å². The van der Waals surface area contributed by atoms with Gasteiger partial charge in [0.15, 0.2) is 0 Å². The number of hydrogen-bond donors (Lipinski definition) is 1. The maximum absolute atomic E-state index is 12.4. The van der Waals surface area contributed by atoms with E-state index < -0.39 is 0 Å². The summed E-state index contributed by atoms with van der Waals surface area (Å²) in [6.45, 7) is 7.78. The quantitative estimate of drug-likeness (QED) is 0.917. The van der Waals surface area contributed by atoms with Gasteiger partial charge in [-0.1, -0.05) is 24.6 Å². The maximum atomic E-state index is 12.4. The van der Waals surface area contributed by atoms with Gasteiger partial charge in [-0.05, 0) is 31.5 Å². The summed E-state index contributed by atoms with van der Waals surface area (Å²) >= 11 is 6.44. The van der Waals surface area contributed by atoms with Gasteiger partial charge >= 0.3 is 0 Å². The highest BCUT2D eigenvalue weighted by Crippen LogP contribution is 2.35. The number of amides is 1. The summed E-state index contributed by atoms with van der Waals surface area (Å²) in [4.78, 5) is 17.0. The largest absolute Gasteiger partial charge is 0.368 e. The molecule has 0 unspecified atom stereocenters. The Morgan fingerprint density at radius 1 is 1.35 bits per heavy atom. The van der Waals surface area contributed by atoms with Crippen molar-refractivity contribution in [1.82, 2.24) is 4.90 Å². The third-order valence-corrected chi connectivity index (χ3v) is 4.91. The summed E-state index contributed by atoms with van der Waals surface area (Å²) in [5.41, 5.74) is 1.71. The molecule has 5 nitrogen and oxygen atoms in total. The first-order valence-corrected chi connectivity index (χ1v) is 8.75. The lowest BCUT2D eigenvalue weighted by Crippen LogP contribution is -2.46. The molecule has 0 spiro atoms. The fourth-order valence-electron chi connectivity index (χ4n) is 3.22. The molecule has 2 heterocycles. The van der Waals surface area contributed by atoms with Gasteiger partial charge in [-0.25, -0.2) is 0 Å². The van der Waals surface area contributed by atoms with Gasteiger partial charge in [-0.15, -0.1) is 0 Å². The average molecular weight is 338 g/mol. The number of anilines is 2. The van der Waals surface area contributed by atoms with Crippen LogP contribution in [0.5, 0.6) is 0 Å². The summed E-state index contributed by atoms with van der Waals surface area (Å²) < 4.78 is 5.47. The lowest BCUT2D eigenvalue weighted by molar-refractivity contribution is -0.124. The molecule has 1 N–H and O–H groups in total. The third-order valence-electron chi connectivity index (χ3n) is 4.60. The second kappa shape index (κ2) is 7.51. The number of nitrogens with zero attached hydrogens (tertiary/aromatic N) is 2. The minimum Gasteiger partial charge on any atom is -0.368 e. The number of likely N-dealkylation sites (N-methyl/N-ethyl adjacent to an activating group) is 1. The minimum atomic E-state index is -0.334. The number of rotatable bonds is 4. The lowest BCUT2D eigenvalue weighted by Gasteiger charge is -2.36. The monoisotopic (exact) mass is 337 g/mol. The van der Waals surface area contributed by atoms with Gasteiger partial charge < -0.3 is 19.9 Å². The Morgan fingerprint density at radius 2 is 2.13 bits per heavy atom. The highest BCUT2D eigenvalue weighted by Gasteiger charge is 2.26. The van der Waals surface area contributed by atoms with Crippen LogP contribution in [0.25, 0.3) is 0 Å². The Kier molecular flexibility index (Phi) is 5.41. The molecule has 1 amide bonds. The van der Waals surface area contributed by atoms with E-state index in [4.69, 9.17) is 16.3 Å². The molecule has 2 aliphatic rings. The van der Waals surface area contributed by atoms with Crippen LogP contribution in [0.4, 0.5) is 11.4 Å². The number of benzene rings is 1. The SMILES string of the molecule is CCN1CCN(c2c(Cl)cccc2NC(=O)[C@@H]2CCCO2)CC1. The fourth-order valence-corrected chi connectivity index (χ4v) is 3.52. The number of piperazine rings is 1. The molecule has 0 aliphatic carbocycles. The average Bonchev–Trinajstić information content (AvgIpc) is 3.10. The summed E-state index contributed by atoms with van der Waals surface area (Å²) in [6, 6.07) is 5.67. The Balaban J connectivity index is 1.75. The molecule has 23 heavy (non-hydrogen) atoms. The van der Waals surface area contributed by atoms with Crippen LogP contribution in [0, 0.1) is 0 Å². The number of hydrogen-bond acceptors (Lipinski definition) is 4. The Hall–Kier alpha value is -1.30. The van der Waals surface area contributed by atoms with Crippen molar-refractivity contribution in [2.75, 3.05) is 49.5 Å². The summed E-state index contributed by atoms with van der Waals surface area (Å²) in [5, 5.41) is 3.69. The highest BCUT2D eigenvalue weighted by atomic mass is 35.5. The number of carbonyl (C=O) groups excluding carboxylic acids is 1. The second-order valence-electron chi connectivity index (χ2n) is 6.05. The second-order valence-corrected chi connectivity index (χ2v) is 6.46. The Labute approximate surface area is 142 Å². The van der Waals surface area contributed by atoms with Crippen molar-refractivity contribution in [3.63, 3.8) is 0 Å². The smallest absolute Gasteiger partial charge is 0.253 e. The van der Waals surface area contributed by atoms with E-state index in [2.05, 4.69) is 22.0 Å². The van der Waals surface area contributed by atoms with Crippen molar-refractivity contribution < 1.29 is 9.53 Å². The molecule has 0 bridgehead atoms. The van der Waals surface area contributed by atoms with Crippen molar-refractivity contribution in [2.24, 2.45) is 0 Å². The molecule has 1 atom stereocenters. The Morgan fingerprint density at radius 3 is 2.78 bits per heavy atom. The van der Waals surface area contributed by atoms with Crippen molar-refractivity contribution >= 4 is 28.9 Å². The van der Waals surface area contributed by atoms with Crippen LogP contribution >= 0.6 is 11.6 Å². The van der Waals surface area contributed by atoms with Crippen LogP contribution < -0.4 is 10.2 Å². The van der Waals surface area contributed by atoms with Crippen LogP contribution in [0.15, 0.2) is 18.2 Å². The number of ether oxygens (including phenoxy) is 1. The first-order valence-electron chi connectivity index (χ1n) is 8.37. The molecular weight excluding hydrogens is 314 g/mol. The van der Waals surface area contributed by atoms with Gasteiger partial charge in [0.1, 0.15) is 6.10 Å². The van der Waals surface area contributed by atoms with Crippen LogP contribution in [0.1, 0.15) is 19.8 Å². The topological polar surface area (TPSA) is 44.8 Å². The number of para-hydroxylation sites is 1. The normalized spacial score (nSPS) is 22.3. The molecule has 1 aromatic carbocycles. The fraction of sp³-hybridized carbons (Fsp3) is 0.588. The van der Waals surface area contributed by atoms with E-state index in [0.29, 0.717) is 11.6 Å². The molecule has 0 saturated carbocycles.